The van der Waals surface area contributed by atoms with Crippen molar-refractivity contribution in [3.8, 4) is 0 Å². The monoisotopic (exact) mass is 421 g/mol. The molecule has 0 N–H and O–H groups in total. The van der Waals surface area contributed by atoms with Crippen LogP contribution in [0.3, 0.4) is 0 Å². The molecule has 1 aliphatic heterocycles. The molecule has 1 aliphatic rings. The fraction of sp³-hybridized carbons (Fsp3) is 0.450. The molecular weight excluding hydrogens is 398 g/mol. The van der Waals surface area contributed by atoms with Crippen molar-refractivity contribution in [2.45, 2.75) is 26.8 Å². The van der Waals surface area contributed by atoms with Gasteiger partial charge in [0.15, 0.2) is 0 Å². The summed E-state index contributed by atoms with van der Waals surface area (Å²) in [7, 11) is 0. The van der Waals surface area contributed by atoms with E-state index in [9.17, 15) is 9.59 Å². The number of thiazole rings is 1. The normalized spacial score (nSPS) is 16.1. The Morgan fingerprint density at radius 3 is 2.36 bits per heavy atom. The first-order chi connectivity index (χ1) is 13.4. The molecule has 0 unspecified atom stereocenters. The van der Waals surface area contributed by atoms with Crippen LogP contribution in [-0.2, 0) is 9.53 Å². The lowest BCUT2D eigenvalue weighted by Crippen LogP contribution is -2.51. The molecule has 0 aliphatic carbocycles. The number of hydrogen-bond acceptors (Lipinski definition) is 6. The predicted octanol–water partition coefficient (Wildman–Crippen LogP) is 3.48. The summed E-state index contributed by atoms with van der Waals surface area (Å²) < 4.78 is 5.30. The molecule has 1 aromatic carbocycles. The molecule has 0 saturated carbocycles. The molecule has 6 nitrogen and oxygen atoms in total. The fourth-order valence-corrected chi connectivity index (χ4v) is 4.43. The van der Waals surface area contributed by atoms with Crippen LogP contribution in [0, 0.1) is 13.8 Å². The van der Waals surface area contributed by atoms with Gasteiger partial charge in [-0.05, 0) is 38.5 Å². The van der Waals surface area contributed by atoms with Crippen molar-refractivity contribution in [1.82, 2.24) is 14.8 Å². The van der Waals surface area contributed by atoms with Gasteiger partial charge in [-0.3, -0.25) is 9.69 Å². The van der Waals surface area contributed by atoms with Crippen molar-refractivity contribution < 1.29 is 14.3 Å². The van der Waals surface area contributed by atoms with Crippen LogP contribution in [0.2, 0.25) is 5.02 Å². The van der Waals surface area contributed by atoms with Gasteiger partial charge in [-0.15, -0.1) is 11.3 Å². The highest BCUT2D eigenvalue weighted by Gasteiger charge is 2.33. The molecule has 150 valence electrons. The van der Waals surface area contributed by atoms with E-state index < -0.39 is 6.04 Å². The Labute approximate surface area is 174 Å². The molecule has 1 aromatic heterocycles. The highest BCUT2D eigenvalue weighted by atomic mass is 35.5. The molecule has 28 heavy (non-hydrogen) atoms. The van der Waals surface area contributed by atoms with Crippen LogP contribution in [0.5, 0.6) is 0 Å². The van der Waals surface area contributed by atoms with Crippen LogP contribution in [-0.4, -0.2) is 59.4 Å². The maximum Gasteiger partial charge on any atom is 0.328 e. The number of amides is 1. The van der Waals surface area contributed by atoms with Gasteiger partial charge in [-0.25, -0.2) is 9.78 Å². The first-order valence-corrected chi connectivity index (χ1v) is 10.5. The van der Waals surface area contributed by atoms with E-state index in [0.717, 1.165) is 16.3 Å². The molecule has 3 rings (SSSR count). The molecule has 1 amide bonds. The standard InChI is InChI=1S/C20H24ClN3O3S/c1-4-27-20(26)17(15-5-7-16(21)8-6-15)23-9-11-24(12-10-23)19(25)18-13(2)22-14(3)28-18/h5-8,17H,4,9-12H2,1-3H3/t17-/m1/s1. The van der Waals surface area contributed by atoms with Crippen LogP contribution in [0.1, 0.15) is 38.9 Å². The van der Waals surface area contributed by atoms with E-state index in [1.54, 1.807) is 19.1 Å². The summed E-state index contributed by atoms with van der Waals surface area (Å²) in [4.78, 5) is 34.4. The van der Waals surface area contributed by atoms with Crippen LogP contribution in [0.15, 0.2) is 24.3 Å². The van der Waals surface area contributed by atoms with Crippen molar-refractivity contribution in [1.29, 1.82) is 0 Å². The van der Waals surface area contributed by atoms with Crippen LogP contribution < -0.4 is 0 Å². The Morgan fingerprint density at radius 1 is 1.18 bits per heavy atom. The summed E-state index contributed by atoms with van der Waals surface area (Å²) in [6.45, 7) is 8.19. The van der Waals surface area contributed by atoms with E-state index >= 15 is 0 Å². The number of rotatable bonds is 5. The van der Waals surface area contributed by atoms with Crippen LogP contribution in [0.4, 0.5) is 0 Å². The summed E-state index contributed by atoms with van der Waals surface area (Å²) in [5, 5.41) is 1.52. The predicted molar refractivity (Wildman–Crippen MR) is 110 cm³/mol. The van der Waals surface area contributed by atoms with Crippen molar-refractivity contribution in [2.24, 2.45) is 0 Å². The van der Waals surface area contributed by atoms with E-state index in [0.29, 0.717) is 42.7 Å². The van der Waals surface area contributed by atoms with Crippen molar-refractivity contribution in [2.75, 3.05) is 32.8 Å². The van der Waals surface area contributed by atoms with E-state index in [1.165, 1.54) is 11.3 Å². The Kier molecular flexibility index (Phi) is 6.69. The summed E-state index contributed by atoms with van der Waals surface area (Å²) in [6, 6.07) is 6.76. The molecule has 1 fully saturated rings. The smallest absolute Gasteiger partial charge is 0.328 e. The number of esters is 1. The summed E-state index contributed by atoms with van der Waals surface area (Å²) >= 11 is 7.42. The number of aromatic nitrogens is 1. The maximum atomic E-state index is 12.8. The highest BCUT2D eigenvalue weighted by molar-refractivity contribution is 7.13. The van der Waals surface area contributed by atoms with Crippen molar-refractivity contribution in [3.63, 3.8) is 0 Å². The average molecular weight is 422 g/mol. The molecule has 0 bridgehead atoms. The molecule has 0 spiro atoms. The minimum Gasteiger partial charge on any atom is -0.465 e. The molecule has 0 radical (unpaired) electrons. The lowest BCUT2D eigenvalue weighted by atomic mass is 10.0. The second kappa shape index (κ2) is 9.03. The number of carbonyl (C=O) groups is 2. The molecule has 8 heteroatoms. The first kappa shape index (κ1) is 20.8. The van der Waals surface area contributed by atoms with Gasteiger partial charge in [-0.1, -0.05) is 23.7 Å². The SMILES string of the molecule is CCOC(=O)[C@@H](c1ccc(Cl)cc1)N1CCN(C(=O)c2sc(C)nc2C)CC1. The van der Waals surface area contributed by atoms with Gasteiger partial charge in [0.05, 0.1) is 17.3 Å². The molecule has 1 atom stereocenters. The van der Waals surface area contributed by atoms with Crippen LogP contribution in [0.25, 0.3) is 0 Å². The first-order valence-electron chi connectivity index (χ1n) is 9.30. The fourth-order valence-electron chi connectivity index (χ4n) is 3.42. The number of benzene rings is 1. The number of ether oxygens (including phenoxy) is 1. The van der Waals surface area contributed by atoms with Crippen molar-refractivity contribution in [3.05, 3.63) is 50.4 Å². The largest absolute Gasteiger partial charge is 0.465 e. The third-order valence-electron chi connectivity index (χ3n) is 4.76. The van der Waals surface area contributed by atoms with Crippen LogP contribution >= 0.6 is 22.9 Å². The summed E-state index contributed by atoms with van der Waals surface area (Å²) in [5.74, 6) is -0.263. The minimum absolute atomic E-state index is 0.0157. The summed E-state index contributed by atoms with van der Waals surface area (Å²) in [6.07, 6.45) is 0. The van der Waals surface area contributed by atoms with Gasteiger partial charge in [0, 0.05) is 31.2 Å². The lowest BCUT2D eigenvalue weighted by Gasteiger charge is -2.38. The summed E-state index contributed by atoms with van der Waals surface area (Å²) in [5.41, 5.74) is 1.62. The van der Waals surface area contributed by atoms with E-state index in [2.05, 4.69) is 9.88 Å². The third-order valence-corrected chi connectivity index (χ3v) is 6.07. The van der Waals surface area contributed by atoms with Gasteiger partial charge in [-0.2, -0.15) is 0 Å². The maximum absolute atomic E-state index is 12.8. The Balaban J connectivity index is 1.72. The van der Waals surface area contributed by atoms with E-state index in [-0.39, 0.29) is 11.9 Å². The molecule has 1 saturated heterocycles. The lowest BCUT2D eigenvalue weighted by molar-refractivity contribution is -0.150. The minimum atomic E-state index is -0.498. The van der Waals surface area contributed by atoms with Gasteiger partial charge >= 0.3 is 5.97 Å². The second-order valence-electron chi connectivity index (χ2n) is 6.68. The van der Waals surface area contributed by atoms with Gasteiger partial charge in [0.2, 0.25) is 0 Å². The van der Waals surface area contributed by atoms with Gasteiger partial charge < -0.3 is 9.64 Å². The quantitative estimate of drug-likeness (QED) is 0.691. The zero-order valence-corrected chi connectivity index (χ0v) is 17.8. The highest BCUT2D eigenvalue weighted by Crippen LogP contribution is 2.26. The van der Waals surface area contributed by atoms with Gasteiger partial charge in [0.25, 0.3) is 5.91 Å². The van der Waals surface area contributed by atoms with E-state index in [4.69, 9.17) is 16.3 Å². The van der Waals surface area contributed by atoms with E-state index in [1.807, 2.05) is 30.9 Å². The third kappa shape index (κ3) is 4.54. The zero-order chi connectivity index (χ0) is 20.3. The number of aryl methyl sites for hydroxylation is 2. The number of hydrogen-bond donors (Lipinski definition) is 0. The zero-order valence-electron chi connectivity index (χ0n) is 16.3. The molecular formula is C20H24ClN3O3S. The Morgan fingerprint density at radius 2 is 1.82 bits per heavy atom. The Bertz CT molecular complexity index is 845. The number of halogens is 1. The molecule has 2 aromatic rings. The average Bonchev–Trinajstić information content (AvgIpc) is 3.02. The van der Waals surface area contributed by atoms with Crippen molar-refractivity contribution >= 4 is 34.8 Å². The van der Waals surface area contributed by atoms with Gasteiger partial charge in [0.1, 0.15) is 10.9 Å². The number of carbonyl (C=O) groups excluding carboxylic acids is 2. The second-order valence-corrected chi connectivity index (χ2v) is 8.32. The Hall–Kier alpha value is -1.96. The molecule has 2 heterocycles. The topological polar surface area (TPSA) is 62.7 Å². The number of nitrogens with zero attached hydrogens (tertiary/aromatic N) is 3. The number of piperazine rings is 1.